The van der Waals surface area contributed by atoms with Gasteiger partial charge in [-0.3, -0.25) is 4.79 Å². The van der Waals surface area contributed by atoms with E-state index in [9.17, 15) is 9.90 Å². The maximum Gasteiger partial charge on any atom is 0.222 e. The quantitative estimate of drug-likeness (QED) is 0.821. The van der Waals surface area contributed by atoms with Crippen LogP contribution >= 0.6 is 11.3 Å². The fourth-order valence-corrected chi connectivity index (χ4v) is 3.68. The molecule has 1 aliphatic heterocycles. The van der Waals surface area contributed by atoms with Crippen molar-refractivity contribution in [3.05, 3.63) is 22.7 Å². The number of nitrogen functional groups attached to an aromatic ring is 1. The van der Waals surface area contributed by atoms with Crippen LogP contribution in [-0.2, 0) is 24.9 Å². The summed E-state index contributed by atoms with van der Waals surface area (Å²) < 4.78 is 1.86. The van der Waals surface area contributed by atoms with E-state index >= 15 is 0 Å². The van der Waals surface area contributed by atoms with Crippen molar-refractivity contribution in [1.82, 2.24) is 24.6 Å². The van der Waals surface area contributed by atoms with Gasteiger partial charge in [0.15, 0.2) is 11.0 Å². The average Bonchev–Trinajstić information content (AvgIpc) is 3.18. The van der Waals surface area contributed by atoms with Gasteiger partial charge in [-0.2, -0.15) is 0 Å². The summed E-state index contributed by atoms with van der Waals surface area (Å²) >= 11 is 1.40. The molecule has 3 heterocycles. The molecule has 0 spiro atoms. The molecular formula is C15H22N6O2S. The number of anilines is 1. The van der Waals surface area contributed by atoms with Crippen LogP contribution in [0.1, 0.15) is 42.5 Å². The number of likely N-dealkylation sites (tertiary alicyclic amines) is 1. The van der Waals surface area contributed by atoms with Crippen LogP contribution < -0.4 is 5.73 Å². The van der Waals surface area contributed by atoms with E-state index < -0.39 is 0 Å². The fourth-order valence-electron chi connectivity index (χ4n) is 3.09. The van der Waals surface area contributed by atoms with Gasteiger partial charge in [-0.05, 0) is 19.3 Å². The fraction of sp³-hybridized carbons (Fsp3) is 0.600. The van der Waals surface area contributed by atoms with E-state index in [1.54, 1.807) is 0 Å². The number of aryl methyl sites for hydroxylation is 1. The van der Waals surface area contributed by atoms with E-state index in [2.05, 4.69) is 15.2 Å². The van der Waals surface area contributed by atoms with Gasteiger partial charge in [0.25, 0.3) is 0 Å². The summed E-state index contributed by atoms with van der Waals surface area (Å²) in [5, 5.41) is 19.8. The van der Waals surface area contributed by atoms with Gasteiger partial charge in [0.05, 0.1) is 5.69 Å². The maximum atomic E-state index is 12.3. The van der Waals surface area contributed by atoms with E-state index in [-0.39, 0.29) is 18.4 Å². The molecule has 0 atom stereocenters. The lowest BCUT2D eigenvalue weighted by atomic mass is 9.95. The minimum absolute atomic E-state index is 0.109. The van der Waals surface area contributed by atoms with Gasteiger partial charge in [-0.25, -0.2) is 4.98 Å². The number of carbonyl (C=O) groups is 1. The highest BCUT2D eigenvalue weighted by molar-refractivity contribution is 7.13. The van der Waals surface area contributed by atoms with Crippen molar-refractivity contribution in [2.75, 3.05) is 18.8 Å². The Balaban J connectivity index is 1.50. The molecule has 0 bridgehead atoms. The van der Waals surface area contributed by atoms with Crippen LogP contribution in [0.2, 0.25) is 0 Å². The number of thiazole rings is 1. The van der Waals surface area contributed by atoms with Crippen LogP contribution in [0.5, 0.6) is 0 Å². The summed E-state index contributed by atoms with van der Waals surface area (Å²) in [7, 11) is 1.87. The van der Waals surface area contributed by atoms with Crippen LogP contribution in [0.25, 0.3) is 0 Å². The van der Waals surface area contributed by atoms with Crippen molar-refractivity contribution in [2.24, 2.45) is 7.05 Å². The largest absolute Gasteiger partial charge is 0.388 e. The standard InChI is InChI=1S/C15H22N6O2S/c1-20-12(8-22)18-19-14(20)10-4-6-21(7-5-10)13(23)3-2-11-9-24-15(16)17-11/h9-10,22H,2-8H2,1H3,(H2,16,17). The molecule has 24 heavy (non-hydrogen) atoms. The first-order chi connectivity index (χ1) is 11.6. The third-order valence-electron chi connectivity index (χ3n) is 4.52. The van der Waals surface area contributed by atoms with Gasteiger partial charge < -0.3 is 20.3 Å². The monoisotopic (exact) mass is 350 g/mol. The highest BCUT2D eigenvalue weighted by Gasteiger charge is 2.27. The smallest absolute Gasteiger partial charge is 0.222 e. The van der Waals surface area contributed by atoms with Crippen molar-refractivity contribution in [3.8, 4) is 0 Å². The number of hydrogen-bond donors (Lipinski definition) is 2. The molecule has 0 saturated carbocycles. The van der Waals surface area contributed by atoms with Crippen LogP contribution in [0, 0.1) is 0 Å². The minimum Gasteiger partial charge on any atom is -0.388 e. The predicted molar refractivity (Wildman–Crippen MR) is 90.3 cm³/mol. The van der Waals surface area contributed by atoms with Gasteiger partial charge in [0.2, 0.25) is 5.91 Å². The molecule has 1 aliphatic rings. The lowest BCUT2D eigenvalue weighted by molar-refractivity contribution is -0.132. The van der Waals surface area contributed by atoms with Crippen LogP contribution in [-0.4, -0.2) is 48.8 Å². The van der Waals surface area contributed by atoms with Gasteiger partial charge >= 0.3 is 0 Å². The molecule has 2 aromatic heterocycles. The van der Waals surface area contributed by atoms with E-state index in [1.165, 1.54) is 11.3 Å². The predicted octanol–water partition coefficient (Wildman–Crippen LogP) is 0.685. The second-order valence-corrected chi connectivity index (χ2v) is 6.91. The number of piperidine rings is 1. The Bertz CT molecular complexity index is 705. The SMILES string of the molecule is Cn1c(CO)nnc1C1CCN(C(=O)CCc2csc(N)n2)CC1. The highest BCUT2D eigenvalue weighted by atomic mass is 32.1. The molecule has 0 aromatic carbocycles. The second-order valence-electron chi connectivity index (χ2n) is 6.02. The number of rotatable bonds is 5. The van der Waals surface area contributed by atoms with E-state index in [0.29, 0.717) is 23.8 Å². The Hall–Kier alpha value is -2.00. The highest BCUT2D eigenvalue weighted by Crippen LogP contribution is 2.27. The molecule has 0 aliphatic carbocycles. The molecule has 2 aromatic rings. The lowest BCUT2D eigenvalue weighted by Gasteiger charge is -2.31. The Kier molecular flexibility index (Phi) is 5.10. The molecule has 3 N–H and O–H groups in total. The second kappa shape index (κ2) is 7.27. The zero-order valence-corrected chi connectivity index (χ0v) is 14.5. The number of amides is 1. The molecule has 3 rings (SSSR count). The third kappa shape index (κ3) is 3.57. The zero-order valence-electron chi connectivity index (χ0n) is 13.7. The summed E-state index contributed by atoms with van der Waals surface area (Å²) in [5.74, 6) is 1.91. The number of carbonyl (C=O) groups excluding carboxylic acids is 1. The Morgan fingerprint density at radius 3 is 2.75 bits per heavy atom. The summed E-state index contributed by atoms with van der Waals surface area (Å²) in [6, 6.07) is 0. The van der Waals surface area contributed by atoms with Crippen molar-refractivity contribution in [3.63, 3.8) is 0 Å². The summed E-state index contributed by atoms with van der Waals surface area (Å²) in [5.41, 5.74) is 6.49. The molecule has 8 nitrogen and oxygen atoms in total. The van der Waals surface area contributed by atoms with Gasteiger partial charge in [0.1, 0.15) is 12.4 Å². The molecule has 9 heteroatoms. The Morgan fingerprint density at radius 1 is 1.42 bits per heavy atom. The maximum absolute atomic E-state index is 12.3. The van der Waals surface area contributed by atoms with Crippen molar-refractivity contribution in [1.29, 1.82) is 0 Å². The molecule has 1 amide bonds. The van der Waals surface area contributed by atoms with Crippen molar-refractivity contribution in [2.45, 2.75) is 38.2 Å². The van der Waals surface area contributed by atoms with Crippen LogP contribution in [0.3, 0.4) is 0 Å². The first-order valence-electron chi connectivity index (χ1n) is 8.05. The number of nitrogens with zero attached hydrogens (tertiary/aromatic N) is 5. The molecular weight excluding hydrogens is 328 g/mol. The molecule has 0 radical (unpaired) electrons. The Morgan fingerprint density at radius 2 is 2.17 bits per heavy atom. The zero-order chi connectivity index (χ0) is 17.1. The third-order valence-corrected chi connectivity index (χ3v) is 5.24. The number of aliphatic hydroxyl groups is 1. The molecule has 1 fully saturated rings. The first-order valence-corrected chi connectivity index (χ1v) is 8.93. The van der Waals surface area contributed by atoms with Crippen LogP contribution in [0.4, 0.5) is 5.13 Å². The summed E-state index contributed by atoms with van der Waals surface area (Å²) in [6.07, 6.45) is 2.83. The molecule has 1 saturated heterocycles. The van der Waals surface area contributed by atoms with Gasteiger partial charge in [0, 0.05) is 37.9 Å². The normalized spacial score (nSPS) is 15.8. The number of hydrogen-bond acceptors (Lipinski definition) is 7. The first kappa shape index (κ1) is 16.8. The van der Waals surface area contributed by atoms with Crippen molar-refractivity contribution < 1.29 is 9.90 Å². The molecule has 130 valence electrons. The number of nitrogens with two attached hydrogens (primary N) is 1. The van der Waals surface area contributed by atoms with E-state index in [1.807, 2.05) is 21.9 Å². The van der Waals surface area contributed by atoms with E-state index in [4.69, 9.17) is 5.73 Å². The minimum atomic E-state index is -0.109. The molecule has 0 unspecified atom stereocenters. The van der Waals surface area contributed by atoms with Crippen LogP contribution in [0.15, 0.2) is 5.38 Å². The summed E-state index contributed by atoms with van der Waals surface area (Å²) in [6.45, 7) is 1.34. The Labute approximate surface area is 144 Å². The van der Waals surface area contributed by atoms with Gasteiger partial charge in [-0.1, -0.05) is 0 Å². The van der Waals surface area contributed by atoms with E-state index in [0.717, 1.165) is 37.4 Å². The number of aliphatic hydroxyl groups excluding tert-OH is 1. The van der Waals surface area contributed by atoms with Gasteiger partial charge in [-0.15, -0.1) is 21.5 Å². The topological polar surface area (TPSA) is 110 Å². The lowest BCUT2D eigenvalue weighted by Crippen LogP contribution is -2.38. The number of aromatic nitrogens is 4. The summed E-state index contributed by atoms with van der Waals surface area (Å²) in [4.78, 5) is 18.4. The van der Waals surface area contributed by atoms with Crippen molar-refractivity contribution >= 4 is 22.4 Å². The average molecular weight is 350 g/mol.